The lowest BCUT2D eigenvalue weighted by atomic mass is 9.95. The fourth-order valence-electron chi connectivity index (χ4n) is 4.19. The summed E-state index contributed by atoms with van der Waals surface area (Å²) in [6, 6.07) is 20.2. The average molecular weight is 515 g/mol. The monoisotopic (exact) mass is 514 g/mol. The third-order valence-corrected chi connectivity index (χ3v) is 7.04. The van der Waals surface area contributed by atoms with Gasteiger partial charge in [0.1, 0.15) is 24.7 Å². The van der Waals surface area contributed by atoms with Gasteiger partial charge >= 0.3 is 5.97 Å². The molecule has 0 fully saturated rings. The molecule has 0 bridgehead atoms. The van der Waals surface area contributed by atoms with E-state index in [4.69, 9.17) is 19.3 Å². The predicted molar refractivity (Wildman–Crippen MR) is 149 cm³/mol. The van der Waals surface area contributed by atoms with Crippen LogP contribution in [0.25, 0.3) is 21.2 Å². The van der Waals surface area contributed by atoms with Crippen LogP contribution in [0, 0.1) is 18.8 Å². The Labute approximate surface area is 221 Å². The molecule has 1 N–H and O–H groups in total. The van der Waals surface area contributed by atoms with E-state index in [1.54, 1.807) is 25.4 Å². The highest BCUT2D eigenvalue weighted by Gasteiger charge is 2.14. The number of fused-ring (bicyclic) bond motifs is 1. The number of hydrogen-bond donors (Lipinski definition) is 1. The Morgan fingerprint density at radius 1 is 0.973 bits per heavy atom. The van der Waals surface area contributed by atoms with E-state index in [1.807, 2.05) is 36.4 Å². The molecule has 6 heteroatoms. The second-order valence-corrected chi connectivity index (χ2v) is 9.61. The van der Waals surface area contributed by atoms with Gasteiger partial charge in [-0.1, -0.05) is 36.3 Å². The fraction of sp³-hybridized carbons (Fsp3) is 0.258. The molecule has 3 aromatic carbocycles. The molecule has 0 radical (unpaired) electrons. The van der Waals surface area contributed by atoms with E-state index in [0.717, 1.165) is 33.6 Å². The van der Waals surface area contributed by atoms with Gasteiger partial charge in [-0.3, -0.25) is 4.79 Å². The van der Waals surface area contributed by atoms with Crippen LogP contribution in [0.3, 0.4) is 0 Å². The molecule has 4 rings (SSSR count). The van der Waals surface area contributed by atoms with Gasteiger partial charge in [-0.15, -0.1) is 17.3 Å². The van der Waals surface area contributed by atoms with Crippen molar-refractivity contribution in [2.75, 3.05) is 20.3 Å². The molecule has 190 valence electrons. The summed E-state index contributed by atoms with van der Waals surface area (Å²) in [7, 11) is 1.66. The van der Waals surface area contributed by atoms with Crippen LogP contribution in [0.15, 0.2) is 66.0 Å². The van der Waals surface area contributed by atoms with Crippen LogP contribution in [-0.2, 0) is 16.1 Å². The lowest BCUT2D eigenvalue weighted by Crippen LogP contribution is -2.05. The SMILES string of the molecule is CC#C[C@@H](CC(=O)O)c1ccc(COc2ccc3scc(-c4ccc(OCCOC)cc4C)c3c2)cc1. The van der Waals surface area contributed by atoms with Crippen molar-refractivity contribution in [3.05, 3.63) is 82.7 Å². The third-order valence-electron chi connectivity index (χ3n) is 6.07. The highest BCUT2D eigenvalue weighted by molar-refractivity contribution is 7.17. The van der Waals surface area contributed by atoms with Crippen molar-refractivity contribution in [1.82, 2.24) is 0 Å². The number of carboxylic acid groups (broad SMARTS) is 1. The number of ether oxygens (including phenoxy) is 3. The second kappa shape index (κ2) is 12.4. The van der Waals surface area contributed by atoms with Gasteiger partial charge < -0.3 is 19.3 Å². The van der Waals surface area contributed by atoms with E-state index >= 15 is 0 Å². The molecule has 1 heterocycles. The zero-order valence-corrected chi connectivity index (χ0v) is 22.1. The molecule has 5 nitrogen and oxygen atoms in total. The molecule has 0 aliphatic heterocycles. The Hall–Kier alpha value is -3.79. The maximum atomic E-state index is 11.2. The average Bonchev–Trinajstić information content (AvgIpc) is 3.30. The molecule has 1 atom stereocenters. The maximum absolute atomic E-state index is 11.2. The Bertz CT molecular complexity index is 1430. The van der Waals surface area contributed by atoms with Crippen LogP contribution in [0.2, 0.25) is 0 Å². The number of aliphatic carboxylic acids is 1. The molecule has 4 aromatic rings. The van der Waals surface area contributed by atoms with Gasteiger partial charge in [0.05, 0.1) is 18.9 Å². The Balaban J connectivity index is 1.48. The van der Waals surface area contributed by atoms with E-state index in [1.165, 1.54) is 15.8 Å². The number of benzene rings is 3. The smallest absolute Gasteiger partial charge is 0.304 e. The highest BCUT2D eigenvalue weighted by atomic mass is 32.1. The van der Waals surface area contributed by atoms with Crippen molar-refractivity contribution in [2.45, 2.75) is 32.8 Å². The molecule has 0 saturated heterocycles. The Kier molecular flexibility index (Phi) is 8.84. The van der Waals surface area contributed by atoms with Gasteiger partial charge in [0.25, 0.3) is 0 Å². The summed E-state index contributed by atoms with van der Waals surface area (Å²) < 4.78 is 18.1. The van der Waals surface area contributed by atoms with Crippen molar-refractivity contribution >= 4 is 27.4 Å². The summed E-state index contributed by atoms with van der Waals surface area (Å²) in [6.45, 7) is 5.32. The lowest BCUT2D eigenvalue weighted by Gasteiger charge is -2.12. The zero-order chi connectivity index (χ0) is 26.2. The molecule has 0 spiro atoms. The summed E-state index contributed by atoms with van der Waals surface area (Å²) in [5.41, 5.74) is 5.40. The minimum Gasteiger partial charge on any atom is -0.491 e. The van der Waals surface area contributed by atoms with E-state index in [0.29, 0.717) is 19.8 Å². The predicted octanol–water partition coefficient (Wildman–Crippen LogP) is 7.06. The maximum Gasteiger partial charge on any atom is 0.304 e. The Morgan fingerprint density at radius 3 is 2.43 bits per heavy atom. The molecule has 0 unspecified atom stereocenters. The van der Waals surface area contributed by atoms with Gasteiger partial charge in [-0.2, -0.15) is 0 Å². The molecule has 37 heavy (non-hydrogen) atoms. The zero-order valence-electron chi connectivity index (χ0n) is 21.2. The van der Waals surface area contributed by atoms with Crippen LogP contribution >= 0.6 is 11.3 Å². The van der Waals surface area contributed by atoms with E-state index in [2.05, 4.69) is 48.4 Å². The van der Waals surface area contributed by atoms with Crippen molar-refractivity contribution in [1.29, 1.82) is 0 Å². The molecule has 0 aliphatic carbocycles. The van der Waals surface area contributed by atoms with Crippen molar-refractivity contribution < 1.29 is 24.1 Å². The molecular formula is C31H30O5S. The normalized spacial score (nSPS) is 11.5. The van der Waals surface area contributed by atoms with Gasteiger partial charge in [0, 0.05) is 22.8 Å². The fourth-order valence-corrected chi connectivity index (χ4v) is 5.13. The van der Waals surface area contributed by atoms with Crippen molar-refractivity contribution in [3.63, 3.8) is 0 Å². The van der Waals surface area contributed by atoms with Crippen LogP contribution in [0.1, 0.15) is 36.0 Å². The lowest BCUT2D eigenvalue weighted by molar-refractivity contribution is -0.137. The largest absolute Gasteiger partial charge is 0.491 e. The number of thiophene rings is 1. The molecular weight excluding hydrogens is 484 g/mol. The molecule has 0 aliphatic rings. The summed E-state index contributed by atoms with van der Waals surface area (Å²) in [6.07, 6.45) is -0.0112. The molecule has 1 aromatic heterocycles. The van der Waals surface area contributed by atoms with E-state index in [9.17, 15) is 4.79 Å². The van der Waals surface area contributed by atoms with Crippen LogP contribution in [-0.4, -0.2) is 31.4 Å². The van der Waals surface area contributed by atoms with E-state index < -0.39 is 5.97 Å². The topological polar surface area (TPSA) is 65.0 Å². The highest BCUT2D eigenvalue weighted by Crippen LogP contribution is 2.38. The Morgan fingerprint density at radius 2 is 1.73 bits per heavy atom. The first-order valence-corrected chi connectivity index (χ1v) is 13.0. The number of rotatable bonds is 11. The van der Waals surface area contributed by atoms with Gasteiger partial charge in [0.2, 0.25) is 0 Å². The second-order valence-electron chi connectivity index (χ2n) is 8.70. The number of methoxy groups -OCH3 is 1. The summed E-state index contributed by atoms with van der Waals surface area (Å²) in [4.78, 5) is 11.2. The first-order valence-electron chi connectivity index (χ1n) is 12.1. The number of carboxylic acids is 1. The minimum absolute atomic E-state index is 0.0112. The van der Waals surface area contributed by atoms with Crippen LogP contribution in [0.4, 0.5) is 0 Å². The van der Waals surface area contributed by atoms with E-state index in [-0.39, 0.29) is 12.3 Å². The molecule has 0 saturated carbocycles. The van der Waals surface area contributed by atoms with Crippen molar-refractivity contribution in [2.24, 2.45) is 0 Å². The molecule has 0 amide bonds. The summed E-state index contributed by atoms with van der Waals surface area (Å²) in [5, 5.41) is 12.5. The first kappa shape index (κ1) is 26.3. The standard InChI is InChI=1S/C31H30O5S/c1-4-5-24(17-31(32)33)23-8-6-22(7-9-23)19-36-26-11-13-30-28(18-26)29(20-37-30)27-12-10-25(16-21(27)2)35-15-14-34-3/h6-13,16,18,20,24H,14-15,17,19H2,1-3H3,(H,32,33)/t24-/m0/s1. The summed E-state index contributed by atoms with van der Waals surface area (Å²) in [5.74, 6) is 6.28. The van der Waals surface area contributed by atoms with Crippen LogP contribution < -0.4 is 9.47 Å². The van der Waals surface area contributed by atoms with Gasteiger partial charge in [-0.05, 0) is 71.8 Å². The van der Waals surface area contributed by atoms with Crippen LogP contribution in [0.5, 0.6) is 11.5 Å². The van der Waals surface area contributed by atoms with Gasteiger partial charge in [-0.25, -0.2) is 0 Å². The van der Waals surface area contributed by atoms with Crippen molar-refractivity contribution in [3.8, 4) is 34.5 Å². The number of carbonyl (C=O) groups is 1. The van der Waals surface area contributed by atoms with Gasteiger partial charge in [0.15, 0.2) is 0 Å². The minimum atomic E-state index is -0.857. The third kappa shape index (κ3) is 6.71. The number of aryl methyl sites for hydroxylation is 1. The first-order chi connectivity index (χ1) is 18.0. The number of hydrogen-bond acceptors (Lipinski definition) is 5. The quantitative estimate of drug-likeness (QED) is 0.171. The summed E-state index contributed by atoms with van der Waals surface area (Å²) >= 11 is 1.72.